The van der Waals surface area contributed by atoms with E-state index in [1.165, 1.54) is 6.33 Å². The van der Waals surface area contributed by atoms with Gasteiger partial charge < -0.3 is 15.2 Å². The number of hydrogen-bond donors (Lipinski definition) is 2. The fourth-order valence-corrected chi connectivity index (χ4v) is 2.37. The predicted octanol–water partition coefficient (Wildman–Crippen LogP) is 3.08. The minimum absolute atomic E-state index is 0.363. The summed E-state index contributed by atoms with van der Waals surface area (Å²) in [4.78, 5) is 12.7. The van der Waals surface area contributed by atoms with Crippen LogP contribution in [0.2, 0.25) is 0 Å². The van der Waals surface area contributed by atoms with Crippen LogP contribution in [0.3, 0.4) is 0 Å². The molecule has 0 aliphatic rings. The highest BCUT2D eigenvalue weighted by atomic mass is 16.5. The Labute approximate surface area is 146 Å². The molecular weight excluding hydrogens is 316 g/mol. The molecule has 25 heavy (non-hydrogen) atoms. The zero-order chi connectivity index (χ0) is 17.5. The molecule has 2 aromatic heterocycles. The van der Waals surface area contributed by atoms with Crippen LogP contribution in [-0.2, 0) is 0 Å². The van der Waals surface area contributed by atoms with E-state index < -0.39 is 6.10 Å². The van der Waals surface area contributed by atoms with Gasteiger partial charge in [-0.3, -0.25) is 0 Å². The average Bonchev–Trinajstić information content (AvgIpc) is 2.68. The van der Waals surface area contributed by atoms with Gasteiger partial charge in [-0.15, -0.1) is 0 Å². The maximum Gasteiger partial charge on any atom is 0.213 e. The summed E-state index contributed by atoms with van der Waals surface area (Å²) < 4.78 is 5.34. The van der Waals surface area contributed by atoms with Crippen molar-refractivity contribution in [3.8, 4) is 17.1 Å². The molecule has 0 bridgehead atoms. The van der Waals surface area contributed by atoms with Crippen LogP contribution < -0.4 is 10.1 Å². The maximum absolute atomic E-state index is 10.2. The Kier molecular flexibility index (Phi) is 5.53. The highest BCUT2D eigenvalue weighted by Crippen LogP contribution is 2.20. The first-order valence-corrected chi connectivity index (χ1v) is 8.14. The van der Waals surface area contributed by atoms with Gasteiger partial charge in [0.2, 0.25) is 5.88 Å². The van der Waals surface area contributed by atoms with Crippen LogP contribution in [-0.4, -0.2) is 33.2 Å². The van der Waals surface area contributed by atoms with E-state index in [9.17, 15) is 5.11 Å². The molecule has 0 amide bonds. The summed E-state index contributed by atoms with van der Waals surface area (Å²) in [6.45, 7) is 2.86. The Morgan fingerprint density at radius 3 is 2.64 bits per heavy atom. The number of pyridine rings is 1. The van der Waals surface area contributed by atoms with Crippen molar-refractivity contribution in [1.29, 1.82) is 0 Å². The van der Waals surface area contributed by atoms with Gasteiger partial charge in [-0.1, -0.05) is 30.3 Å². The first-order chi connectivity index (χ1) is 12.3. The highest BCUT2D eigenvalue weighted by molar-refractivity contribution is 5.61. The molecule has 0 aliphatic heterocycles. The summed E-state index contributed by atoms with van der Waals surface area (Å²) in [5.41, 5.74) is 2.49. The lowest BCUT2D eigenvalue weighted by Crippen LogP contribution is -2.13. The van der Waals surface area contributed by atoms with Gasteiger partial charge in [0.15, 0.2) is 0 Å². The summed E-state index contributed by atoms with van der Waals surface area (Å²) in [6.07, 6.45) is 2.60. The van der Waals surface area contributed by atoms with Crippen molar-refractivity contribution in [2.45, 2.75) is 13.0 Å². The molecule has 0 spiro atoms. The SMILES string of the molecule is CCOc1ccc(-c2cc(NCC(O)c3ccccc3)ncn2)cn1. The van der Waals surface area contributed by atoms with Gasteiger partial charge in [0.25, 0.3) is 0 Å². The maximum atomic E-state index is 10.2. The molecule has 0 fully saturated rings. The summed E-state index contributed by atoms with van der Waals surface area (Å²) in [5, 5.41) is 13.4. The lowest BCUT2D eigenvalue weighted by molar-refractivity contribution is 0.191. The third kappa shape index (κ3) is 4.51. The molecule has 128 valence electrons. The first kappa shape index (κ1) is 16.9. The van der Waals surface area contributed by atoms with Gasteiger partial charge in [-0.25, -0.2) is 15.0 Å². The molecule has 1 unspecified atom stereocenters. The quantitative estimate of drug-likeness (QED) is 0.690. The number of benzene rings is 1. The van der Waals surface area contributed by atoms with Gasteiger partial charge in [0.1, 0.15) is 12.1 Å². The van der Waals surface area contributed by atoms with E-state index in [0.29, 0.717) is 24.8 Å². The number of hydrogen-bond acceptors (Lipinski definition) is 6. The lowest BCUT2D eigenvalue weighted by Gasteiger charge is -2.13. The Balaban J connectivity index is 1.67. The Hall–Kier alpha value is -2.99. The van der Waals surface area contributed by atoms with Crippen molar-refractivity contribution in [3.63, 3.8) is 0 Å². The van der Waals surface area contributed by atoms with E-state index in [1.54, 1.807) is 6.20 Å². The Morgan fingerprint density at radius 1 is 1.08 bits per heavy atom. The highest BCUT2D eigenvalue weighted by Gasteiger charge is 2.08. The fourth-order valence-electron chi connectivity index (χ4n) is 2.37. The van der Waals surface area contributed by atoms with E-state index >= 15 is 0 Å². The number of anilines is 1. The van der Waals surface area contributed by atoms with Gasteiger partial charge in [0, 0.05) is 30.4 Å². The number of aliphatic hydroxyl groups excluding tert-OH is 1. The number of rotatable bonds is 7. The van der Waals surface area contributed by atoms with Crippen molar-refractivity contribution in [2.75, 3.05) is 18.5 Å². The molecule has 2 N–H and O–H groups in total. The summed E-state index contributed by atoms with van der Waals surface area (Å²) >= 11 is 0. The van der Waals surface area contributed by atoms with E-state index in [4.69, 9.17) is 4.74 Å². The van der Waals surface area contributed by atoms with Crippen molar-refractivity contribution >= 4 is 5.82 Å². The normalized spacial score (nSPS) is 11.8. The second-order valence-corrected chi connectivity index (χ2v) is 5.41. The van der Waals surface area contributed by atoms with Crippen molar-refractivity contribution < 1.29 is 9.84 Å². The van der Waals surface area contributed by atoms with E-state index in [1.807, 2.05) is 55.5 Å². The summed E-state index contributed by atoms with van der Waals surface area (Å²) in [6, 6.07) is 15.1. The summed E-state index contributed by atoms with van der Waals surface area (Å²) in [7, 11) is 0. The van der Waals surface area contributed by atoms with Crippen LogP contribution in [0, 0.1) is 0 Å². The molecule has 6 nitrogen and oxygen atoms in total. The van der Waals surface area contributed by atoms with Crippen LogP contribution in [0.5, 0.6) is 5.88 Å². The molecule has 1 atom stereocenters. The topological polar surface area (TPSA) is 80.2 Å². The number of nitrogens with one attached hydrogen (secondary N) is 1. The average molecular weight is 336 g/mol. The number of nitrogens with zero attached hydrogens (tertiary/aromatic N) is 3. The summed E-state index contributed by atoms with van der Waals surface area (Å²) in [5.74, 6) is 1.23. The predicted molar refractivity (Wildman–Crippen MR) is 96.3 cm³/mol. The molecule has 3 aromatic rings. The van der Waals surface area contributed by atoms with Gasteiger partial charge >= 0.3 is 0 Å². The van der Waals surface area contributed by atoms with E-state index in [-0.39, 0.29) is 0 Å². The second kappa shape index (κ2) is 8.21. The molecule has 1 aromatic carbocycles. The van der Waals surface area contributed by atoms with Crippen LogP contribution in [0.1, 0.15) is 18.6 Å². The van der Waals surface area contributed by atoms with Crippen LogP contribution in [0.25, 0.3) is 11.3 Å². The molecular formula is C19H20N4O2. The standard InChI is InChI=1S/C19H20N4O2/c1-2-25-19-9-8-15(11-21-19)16-10-18(23-13-22-16)20-12-17(24)14-6-4-3-5-7-14/h3-11,13,17,24H,2,12H2,1H3,(H,20,22,23). The van der Waals surface area contributed by atoms with Crippen LogP contribution in [0.4, 0.5) is 5.82 Å². The zero-order valence-corrected chi connectivity index (χ0v) is 14.0. The third-order valence-electron chi connectivity index (χ3n) is 3.65. The minimum atomic E-state index is -0.605. The number of ether oxygens (including phenoxy) is 1. The third-order valence-corrected chi connectivity index (χ3v) is 3.65. The molecule has 0 saturated heterocycles. The number of aliphatic hydroxyl groups is 1. The van der Waals surface area contributed by atoms with Crippen LogP contribution >= 0.6 is 0 Å². The number of aromatic nitrogens is 3. The second-order valence-electron chi connectivity index (χ2n) is 5.41. The zero-order valence-electron chi connectivity index (χ0n) is 14.0. The van der Waals surface area contributed by atoms with Crippen molar-refractivity contribution in [3.05, 3.63) is 66.6 Å². The van der Waals surface area contributed by atoms with Crippen LogP contribution in [0.15, 0.2) is 61.1 Å². The molecule has 2 heterocycles. The fraction of sp³-hybridized carbons (Fsp3) is 0.211. The largest absolute Gasteiger partial charge is 0.478 e. The molecule has 0 radical (unpaired) electrons. The van der Waals surface area contributed by atoms with E-state index in [0.717, 1.165) is 16.8 Å². The van der Waals surface area contributed by atoms with Crippen molar-refractivity contribution in [2.24, 2.45) is 0 Å². The minimum Gasteiger partial charge on any atom is -0.478 e. The van der Waals surface area contributed by atoms with Crippen molar-refractivity contribution in [1.82, 2.24) is 15.0 Å². The smallest absolute Gasteiger partial charge is 0.213 e. The lowest BCUT2D eigenvalue weighted by atomic mass is 10.1. The molecule has 0 saturated carbocycles. The van der Waals surface area contributed by atoms with Gasteiger partial charge in [-0.2, -0.15) is 0 Å². The van der Waals surface area contributed by atoms with E-state index in [2.05, 4.69) is 20.3 Å². The van der Waals surface area contributed by atoms with Gasteiger partial charge in [-0.05, 0) is 18.6 Å². The Morgan fingerprint density at radius 2 is 1.92 bits per heavy atom. The Bertz CT molecular complexity index is 794. The molecule has 6 heteroatoms. The molecule has 0 aliphatic carbocycles. The van der Waals surface area contributed by atoms with Gasteiger partial charge in [0.05, 0.1) is 18.4 Å². The first-order valence-electron chi connectivity index (χ1n) is 8.14. The monoisotopic (exact) mass is 336 g/mol. The molecule has 3 rings (SSSR count).